The lowest BCUT2D eigenvalue weighted by molar-refractivity contribution is 0.218. The van der Waals surface area contributed by atoms with Crippen molar-refractivity contribution >= 4 is 10.0 Å². The smallest absolute Gasteiger partial charge is 0.216 e. The molecule has 84 valence electrons. The summed E-state index contributed by atoms with van der Waals surface area (Å²) in [6.45, 7) is 4.39. The second-order valence-corrected chi connectivity index (χ2v) is 6.17. The highest BCUT2D eigenvalue weighted by Crippen LogP contribution is 2.24. The van der Waals surface area contributed by atoms with Gasteiger partial charge in [0.15, 0.2) is 0 Å². The van der Waals surface area contributed by atoms with Gasteiger partial charge in [0.2, 0.25) is 10.0 Å². The second kappa shape index (κ2) is 4.59. The fraction of sp³-hybridized carbons (Fsp3) is 1.00. The molecule has 0 amide bonds. The molecule has 14 heavy (non-hydrogen) atoms. The lowest BCUT2D eigenvalue weighted by Crippen LogP contribution is -2.45. The van der Waals surface area contributed by atoms with Gasteiger partial charge in [-0.05, 0) is 25.7 Å². The van der Waals surface area contributed by atoms with Crippen LogP contribution in [-0.2, 0) is 10.0 Å². The van der Waals surface area contributed by atoms with Crippen LogP contribution in [0.3, 0.4) is 0 Å². The molecule has 1 saturated heterocycles. The average molecular weight is 221 g/mol. The quantitative estimate of drug-likeness (QED) is 0.752. The molecule has 0 radical (unpaired) electrons. The Kier molecular flexibility index (Phi) is 3.92. The summed E-state index contributed by atoms with van der Waals surface area (Å²) < 4.78 is 24.9. The van der Waals surface area contributed by atoms with Gasteiger partial charge in [-0.1, -0.05) is 6.92 Å². The molecule has 0 aliphatic carbocycles. The minimum atomic E-state index is -3.22. The van der Waals surface area contributed by atoms with E-state index in [1.165, 1.54) is 4.31 Å². The van der Waals surface area contributed by atoms with E-state index in [0.29, 0.717) is 12.5 Å². The Bertz CT molecular complexity index is 276. The summed E-state index contributed by atoms with van der Waals surface area (Å²) in [6.07, 6.45) is 1.85. The summed E-state index contributed by atoms with van der Waals surface area (Å²) in [5.74, 6) is 0.455. The van der Waals surface area contributed by atoms with Crippen LogP contribution in [-0.4, -0.2) is 42.8 Å². The Hall–Kier alpha value is -0.130. The minimum Gasteiger partial charge on any atom is -0.395 e. The van der Waals surface area contributed by atoms with Gasteiger partial charge in [0.05, 0.1) is 12.4 Å². The van der Waals surface area contributed by atoms with E-state index in [2.05, 4.69) is 6.92 Å². The fourth-order valence-corrected chi connectivity index (χ4v) is 3.51. The minimum absolute atomic E-state index is 0.0790. The zero-order valence-electron chi connectivity index (χ0n) is 8.81. The molecule has 0 bridgehead atoms. The number of aliphatic hydroxyl groups is 1. The molecule has 1 rings (SSSR count). The van der Waals surface area contributed by atoms with Crippen LogP contribution in [0.25, 0.3) is 0 Å². The molecule has 1 aliphatic heterocycles. The Morgan fingerprint density at radius 2 is 2.07 bits per heavy atom. The van der Waals surface area contributed by atoms with E-state index < -0.39 is 10.0 Å². The van der Waals surface area contributed by atoms with Crippen LogP contribution in [0.15, 0.2) is 0 Å². The maximum atomic E-state index is 11.7. The van der Waals surface area contributed by atoms with E-state index in [9.17, 15) is 8.42 Å². The molecule has 0 spiro atoms. The summed E-state index contributed by atoms with van der Waals surface area (Å²) in [5, 5.41) is 8.66. The van der Waals surface area contributed by atoms with Gasteiger partial charge in [-0.2, -0.15) is 4.31 Å². The average Bonchev–Trinajstić information content (AvgIpc) is 2.02. The Balaban J connectivity index is 2.69. The van der Waals surface area contributed by atoms with Crippen molar-refractivity contribution in [2.75, 3.05) is 18.9 Å². The number of piperidine rings is 1. The SMILES string of the molecule is CC1CCN(S(=O)(=O)CCO)C(C)C1. The van der Waals surface area contributed by atoms with Crippen molar-refractivity contribution in [2.24, 2.45) is 5.92 Å². The number of hydrogen-bond acceptors (Lipinski definition) is 3. The third kappa shape index (κ3) is 2.68. The molecule has 0 aromatic carbocycles. The van der Waals surface area contributed by atoms with Crippen LogP contribution < -0.4 is 0 Å². The van der Waals surface area contributed by atoms with E-state index in [1.54, 1.807) is 0 Å². The normalized spacial score (nSPS) is 30.5. The van der Waals surface area contributed by atoms with Crippen molar-refractivity contribution in [3.63, 3.8) is 0 Å². The first-order chi connectivity index (χ1) is 6.47. The lowest BCUT2D eigenvalue weighted by Gasteiger charge is -2.35. The van der Waals surface area contributed by atoms with Crippen LogP contribution in [0.4, 0.5) is 0 Å². The summed E-state index contributed by atoms with van der Waals surface area (Å²) in [4.78, 5) is 0. The number of sulfonamides is 1. The molecule has 4 nitrogen and oxygen atoms in total. The monoisotopic (exact) mass is 221 g/mol. The molecule has 0 aromatic rings. The number of aliphatic hydroxyl groups excluding tert-OH is 1. The van der Waals surface area contributed by atoms with Gasteiger partial charge in [0.1, 0.15) is 0 Å². The third-order valence-corrected chi connectivity index (χ3v) is 4.74. The van der Waals surface area contributed by atoms with Crippen LogP contribution in [0.2, 0.25) is 0 Å². The van der Waals surface area contributed by atoms with Crippen molar-refractivity contribution in [3.8, 4) is 0 Å². The van der Waals surface area contributed by atoms with E-state index >= 15 is 0 Å². The molecule has 0 aromatic heterocycles. The molecule has 2 atom stereocenters. The molecule has 5 heteroatoms. The topological polar surface area (TPSA) is 57.6 Å². The van der Waals surface area contributed by atoms with Crippen LogP contribution in [0, 0.1) is 5.92 Å². The summed E-state index contributed by atoms with van der Waals surface area (Å²) in [5.41, 5.74) is 0. The fourth-order valence-electron chi connectivity index (χ4n) is 2.03. The summed E-state index contributed by atoms with van der Waals surface area (Å²) in [6, 6.07) is 0.0790. The lowest BCUT2D eigenvalue weighted by atomic mass is 9.95. The Morgan fingerprint density at radius 3 is 2.57 bits per heavy atom. The van der Waals surface area contributed by atoms with Crippen LogP contribution >= 0.6 is 0 Å². The molecular weight excluding hydrogens is 202 g/mol. The van der Waals surface area contributed by atoms with Crippen LogP contribution in [0.1, 0.15) is 26.7 Å². The van der Waals surface area contributed by atoms with Gasteiger partial charge in [-0.3, -0.25) is 0 Å². The molecule has 1 N–H and O–H groups in total. The van der Waals surface area contributed by atoms with Gasteiger partial charge in [-0.15, -0.1) is 0 Å². The number of nitrogens with zero attached hydrogens (tertiary/aromatic N) is 1. The van der Waals surface area contributed by atoms with E-state index in [1.807, 2.05) is 6.92 Å². The zero-order chi connectivity index (χ0) is 10.8. The highest BCUT2D eigenvalue weighted by atomic mass is 32.2. The van der Waals surface area contributed by atoms with E-state index in [-0.39, 0.29) is 18.4 Å². The zero-order valence-corrected chi connectivity index (χ0v) is 9.63. The maximum absolute atomic E-state index is 11.7. The van der Waals surface area contributed by atoms with Crippen molar-refractivity contribution in [1.29, 1.82) is 0 Å². The Morgan fingerprint density at radius 1 is 1.43 bits per heavy atom. The predicted octanol–water partition coefficient (Wildman–Crippen LogP) is 0.429. The van der Waals surface area contributed by atoms with Crippen molar-refractivity contribution < 1.29 is 13.5 Å². The number of hydrogen-bond donors (Lipinski definition) is 1. The summed E-state index contributed by atoms with van der Waals surface area (Å²) in [7, 11) is -3.22. The first-order valence-electron chi connectivity index (χ1n) is 5.07. The van der Waals surface area contributed by atoms with Gasteiger partial charge >= 0.3 is 0 Å². The first-order valence-corrected chi connectivity index (χ1v) is 6.68. The standard InChI is InChI=1S/C9H19NO3S/c1-8-3-4-10(9(2)7-8)14(12,13)6-5-11/h8-9,11H,3-7H2,1-2H3. The Labute approximate surface area is 86.0 Å². The largest absolute Gasteiger partial charge is 0.395 e. The van der Waals surface area contributed by atoms with Crippen molar-refractivity contribution in [1.82, 2.24) is 4.31 Å². The third-order valence-electron chi connectivity index (χ3n) is 2.78. The summed E-state index contributed by atoms with van der Waals surface area (Å²) >= 11 is 0. The maximum Gasteiger partial charge on any atom is 0.216 e. The van der Waals surface area contributed by atoms with Crippen molar-refractivity contribution in [3.05, 3.63) is 0 Å². The molecule has 1 aliphatic rings. The number of rotatable bonds is 3. The highest BCUT2D eigenvalue weighted by molar-refractivity contribution is 7.89. The molecular formula is C9H19NO3S. The van der Waals surface area contributed by atoms with Crippen LogP contribution in [0.5, 0.6) is 0 Å². The van der Waals surface area contributed by atoms with E-state index in [0.717, 1.165) is 12.8 Å². The molecule has 1 heterocycles. The first kappa shape index (κ1) is 11.9. The predicted molar refractivity (Wildman–Crippen MR) is 55.4 cm³/mol. The molecule has 2 unspecified atom stereocenters. The van der Waals surface area contributed by atoms with Gasteiger partial charge in [0, 0.05) is 12.6 Å². The molecule has 1 fully saturated rings. The van der Waals surface area contributed by atoms with E-state index in [4.69, 9.17) is 5.11 Å². The van der Waals surface area contributed by atoms with Gasteiger partial charge in [0.25, 0.3) is 0 Å². The van der Waals surface area contributed by atoms with Gasteiger partial charge in [-0.25, -0.2) is 8.42 Å². The molecule has 0 saturated carbocycles. The van der Waals surface area contributed by atoms with Crippen molar-refractivity contribution in [2.45, 2.75) is 32.7 Å². The second-order valence-electron chi connectivity index (χ2n) is 4.13. The van der Waals surface area contributed by atoms with Gasteiger partial charge < -0.3 is 5.11 Å². The highest BCUT2D eigenvalue weighted by Gasteiger charge is 2.31.